The van der Waals surface area contributed by atoms with Crippen LogP contribution in [-0.4, -0.2) is 22.0 Å². The van der Waals surface area contributed by atoms with Crippen molar-refractivity contribution < 1.29 is 9.59 Å². The van der Waals surface area contributed by atoms with Crippen molar-refractivity contribution in [2.24, 2.45) is 0 Å². The molecule has 1 aromatic carbocycles. The summed E-state index contributed by atoms with van der Waals surface area (Å²) in [7, 11) is 0. The molecule has 0 aliphatic carbocycles. The maximum Gasteiger partial charge on any atom is 0.279 e. The fourth-order valence-corrected chi connectivity index (χ4v) is 9.38. The number of thioether (sulfide) groups is 2. The molecule has 0 unspecified atom stereocenters. The summed E-state index contributed by atoms with van der Waals surface area (Å²) < 4.78 is 0. The van der Waals surface area contributed by atoms with Crippen LogP contribution in [0, 0.1) is 0 Å². The number of amides is 2. The van der Waals surface area contributed by atoms with Crippen LogP contribution in [0.4, 0.5) is 9.59 Å². The second kappa shape index (κ2) is 35.8. The Kier molecular flexibility index (Phi) is 33.8. The molecule has 56 heavy (non-hydrogen) atoms. The van der Waals surface area contributed by atoms with Gasteiger partial charge in [-0.05, 0) is 51.7 Å². The van der Waals surface area contributed by atoms with E-state index in [2.05, 4.69) is 70.4 Å². The first kappa shape index (κ1) is 52.9. The molecule has 326 valence electrons. The molecule has 0 atom stereocenters. The zero-order valence-corrected chi connectivity index (χ0v) is 39.6. The average molecular weight is 817 g/mol. The van der Waals surface area contributed by atoms with Crippen LogP contribution < -0.4 is 10.6 Å². The quantitative estimate of drug-likeness (QED) is 0.0653. The maximum atomic E-state index is 12.9. The number of nitrogens with one attached hydrogen (secondary N) is 2. The summed E-state index contributed by atoms with van der Waals surface area (Å²) in [6, 6.07) is 8.34. The van der Waals surface area contributed by atoms with Gasteiger partial charge in [-0.15, -0.1) is 0 Å². The number of rotatable bonds is 38. The van der Waals surface area contributed by atoms with Crippen molar-refractivity contribution in [2.45, 2.75) is 258 Å². The molecule has 0 radical (unpaired) electrons. The molecule has 2 N–H and O–H groups in total. The molecule has 0 aliphatic heterocycles. The van der Waals surface area contributed by atoms with Gasteiger partial charge in [0.1, 0.15) is 0 Å². The van der Waals surface area contributed by atoms with Gasteiger partial charge in [0.2, 0.25) is 0 Å². The fourth-order valence-electron chi connectivity index (χ4n) is 7.65. The Balaban J connectivity index is 2.15. The lowest BCUT2D eigenvalue weighted by Gasteiger charge is -2.31. The molecule has 0 fully saturated rings. The van der Waals surface area contributed by atoms with Crippen molar-refractivity contribution in [3.8, 4) is 0 Å². The van der Waals surface area contributed by atoms with Gasteiger partial charge in [-0.2, -0.15) is 0 Å². The van der Waals surface area contributed by atoms with Crippen molar-refractivity contribution in [1.82, 2.24) is 10.6 Å². The number of hydrogen-bond acceptors (Lipinski definition) is 4. The van der Waals surface area contributed by atoms with Crippen molar-refractivity contribution in [2.75, 3.05) is 11.5 Å². The molecule has 6 heteroatoms. The smallest absolute Gasteiger partial charge is 0.279 e. The third-order valence-electron chi connectivity index (χ3n) is 11.6. The lowest BCUT2D eigenvalue weighted by atomic mass is 9.87. The second-order valence-electron chi connectivity index (χ2n) is 18.0. The second-order valence-corrected chi connectivity index (χ2v) is 20.1. The molecule has 0 bridgehead atoms. The Labute approximate surface area is 357 Å². The van der Waals surface area contributed by atoms with Gasteiger partial charge in [-0.25, -0.2) is 0 Å². The van der Waals surface area contributed by atoms with Gasteiger partial charge in [0, 0.05) is 11.5 Å². The van der Waals surface area contributed by atoms with E-state index in [9.17, 15) is 9.59 Å². The van der Waals surface area contributed by atoms with E-state index in [0.29, 0.717) is 0 Å². The van der Waals surface area contributed by atoms with Crippen LogP contribution in [0.5, 0.6) is 0 Å². The Hall–Kier alpha value is -1.14. The third kappa shape index (κ3) is 30.0. The molecule has 0 heterocycles. The van der Waals surface area contributed by atoms with Gasteiger partial charge in [-0.1, -0.05) is 254 Å². The van der Waals surface area contributed by atoms with Crippen LogP contribution in [0.3, 0.4) is 0 Å². The number of carbonyl (C=O) groups excluding carboxylic acids is 2. The van der Waals surface area contributed by atoms with Gasteiger partial charge in [0.15, 0.2) is 0 Å². The summed E-state index contributed by atoms with van der Waals surface area (Å²) in [5.74, 6) is 1.74. The van der Waals surface area contributed by atoms with Crippen LogP contribution in [0.15, 0.2) is 24.3 Å². The minimum absolute atomic E-state index is 0.0411. The van der Waals surface area contributed by atoms with Gasteiger partial charge >= 0.3 is 0 Å². The van der Waals surface area contributed by atoms with Crippen LogP contribution in [-0.2, 0) is 11.1 Å². The van der Waals surface area contributed by atoms with Crippen LogP contribution >= 0.6 is 23.5 Å². The molecule has 0 saturated carbocycles. The number of benzene rings is 1. The summed E-state index contributed by atoms with van der Waals surface area (Å²) in [5.41, 5.74) is 1.09. The normalized spacial score (nSPS) is 12.0. The lowest BCUT2D eigenvalue weighted by Crippen LogP contribution is -2.41. The molecule has 4 nitrogen and oxygen atoms in total. The maximum absolute atomic E-state index is 12.9. The molecule has 1 rings (SSSR count). The van der Waals surface area contributed by atoms with E-state index in [4.69, 9.17) is 0 Å². The summed E-state index contributed by atoms with van der Waals surface area (Å²) in [6.07, 6.45) is 43.6. The van der Waals surface area contributed by atoms with E-state index >= 15 is 0 Å². The number of hydrogen-bond donors (Lipinski definition) is 2. The van der Waals surface area contributed by atoms with E-state index in [0.717, 1.165) is 35.5 Å². The SMILES string of the molecule is CCCCCCCCCCCCCCCCCCSC(=O)NC(C)(C)c1cccc(C(C)(C)NC(=O)SCCCCCCCCCCCCCCCCCC)c1. The summed E-state index contributed by atoms with van der Waals surface area (Å²) >= 11 is 2.83. The predicted octanol–water partition coefficient (Wildman–Crippen LogP) is 17.6. The third-order valence-corrected chi connectivity index (χ3v) is 13.3. The Morgan fingerprint density at radius 3 is 0.893 bits per heavy atom. The van der Waals surface area contributed by atoms with E-state index in [-0.39, 0.29) is 10.5 Å². The van der Waals surface area contributed by atoms with E-state index in [1.807, 2.05) is 6.07 Å². The summed E-state index contributed by atoms with van der Waals surface area (Å²) in [4.78, 5) is 25.8. The topological polar surface area (TPSA) is 58.2 Å². The fraction of sp³-hybridized carbons (Fsp3) is 0.840. The minimum atomic E-state index is -0.503. The minimum Gasteiger partial charge on any atom is -0.338 e. The first-order chi connectivity index (χ1) is 27.1. The Morgan fingerprint density at radius 1 is 0.411 bits per heavy atom. The zero-order chi connectivity index (χ0) is 41.0. The van der Waals surface area contributed by atoms with Gasteiger partial charge < -0.3 is 10.6 Å². The lowest BCUT2D eigenvalue weighted by molar-refractivity contribution is 0.251. The van der Waals surface area contributed by atoms with Crippen molar-refractivity contribution in [3.63, 3.8) is 0 Å². The van der Waals surface area contributed by atoms with Crippen molar-refractivity contribution in [3.05, 3.63) is 35.4 Å². The standard InChI is InChI=1S/C50H92N2O2S2/c1-7-9-11-13-15-17-19-21-23-25-27-29-31-33-35-37-42-55-47(53)51-49(3,4)45-40-39-41-46(44-45)50(5,6)52-48(54)56-43-38-36-34-32-30-28-26-24-22-20-18-16-14-12-10-8-2/h39-41,44H,7-38,42-43H2,1-6H3,(H,51,53)(H,52,54). The first-order valence-electron chi connectivity index (χ1n) is 24.1. The molecule has 0 spiro atoms. The molecule has 0 saturated heterocycles. The van der Waals surface area contributed by atoms with Gasteiger partial charge in [0.25, 0.3) is 10.5 Å². The van der Waals surface area contributed by atoms with Crippen molar-refractivity contribution in [1.29, 1.82) is 0 Å². The first-order valence-corrected chi connectivity index (χ1v) is 26.1. The highest BCUT2D eigenvalue weighted by Gasteiger charge is 2.27. The van der Waals surface area contributed by atoms with Gasteiger partial charge in [-0.3, -0.25) is 9.59 Å². The molecule has 0 aromatic heterocycles. The van der Waals surface area contributed by atoms with Crippen molar-refractivity contribution >= 4 is 34.0 Å². The van der Waals surface area contributed by atoms with Crippen LogP contribution in [0.25, 0.3) is 0 Å². The largest absolute Gasteiger partial charge is 0.338 e. The van der Waals surface area contributed by atoms with Crippen LogP contribution in [0.1, 0.15) is 258 Å². The average Bonchev–Trinajstić information content (AvgIpc) is 3.17. The van der Waals surface area contributed by atoms with E-state index in [1.165, 1.54) is 216 Å². The molecule has 0 aliphatic rings. The highest BCUT2D eigenvalue weighted by atomic mass is 32.2. The molecular formula is C50H92N2O2S2. The van der Waals surface area contributed by atoms with Crippen LogP contribution in [0.2, 0.25) is 0 Å². The molecule has 2 amide bonds. The highest BCUT2D eigenvalue weighted by molar-refractivity contribution is 8.13. The monoisotopic (exact) mass is 817 g/mol. The Bertz CT molecular complexity index is 996. The summed E-state index contributed by atoms with van der Waals surface area (Å²) in [6.45, 7) is 12.8. The van der Waals surface area contributed by atoms with Gasteiger partial charge in [0.05, 0.1) is 11.1 Å². The number of unbranched alkanes of at least 4 members (excludes halogenated alkanes) is 30. The number of carbonyl (C=O) groups is 2. The highest BCUT2D eigenvalue weighted by Crippen LogP contribution is 2.28. The summed E-state index contributed by atoms with van der Waals surface area (Å²) in [5, 5.41) is 6.59. The molecular weight excluding hydrogens is 725 g/mol. The predicted molar refractivity (Wildman–Crippen MR) is 254 cm³/mol. The zero-order valence-electron chi connectivity index (χ0n) is 38.0. The van der Waals surface area contributed by atoms with E-state index in [1.54, 1.807) is 0 Å². The van der Waals surface area contributed by atoms with E-state index < -0.39 is 11.1 Å². The Morgan fingerprint density at radius 2 is 0.643 bits per heavy atom. The molecule has 1 aromatic rings.